The van der Waals surface area contributed by atoms with Gasteiger partial charge in [-0.3, -0.25) is 9.88 Å². The van der Waals surface area contributed by atoms with E-state index in [4.69, 9.17) is 4.74 Å². The lowest BCUT2D eigenvalue weighted by Crippen LogP contribution is -2.35. The summed E-state index contributed by atoms with van der Waals surface area (Å²) in [4.78, 5) is 18.3. The molecule has 0 aliphatic carbocycles. The second-order valence-electron chi connectivity index (χ2n) is 9.13. The van der Waals surface area contributed by atoms with Gasteiger partial charge in [-0.15, -0.1) is 0 Å². The molecule has 1 aliphatic rings. The zero-order valence-corrected chi connectivity index (χ0v) is 19.8. The number of para-hydroxylation sites is 2. The summed E-state index contributed by atoms with van der Waals surface area (Å²) in [5, 5.41) is 10.7. The Balaban J connectivity index is 1.19. The van der Waals surface area contributed by atoms with Crippen LogP contribution in [0, 0.1) is 0 Å². The van der Waals surface area contributed by atoms with Gasteiger partial charge in [0.1, 0.15) is 17.9 Å². The van der Waals surface area contributed by atoms with Crippen LogP contribution < -0.4 is 4.74 Å². The third kappa shape index (κ3) is 5.38. The lowest BCUT2D eigenvalue weighted by molar-refractivity contribution is 0.0691. The van der Waals surface area contributed by atoms with Crippen LogP contribution in [0.1, 0.15) is 40.4 Å². The molecule has 0 radical (unpaired) electrons. The van der Waals surface area contributed by atoms with E-state index in [9.17, 15) is 9.90 Å². The van der Waals surface area contributed by atoms with Crippen molar-refractivity contribution in [1.82, 2.24) is 14.5 Å². The second-order valence-corrected chi connectivity index (χ2v) is 9.13. The number of likely N-dealkylation sites (tertiary alicyclic amines) is 1. The second kappa shape index (κ2) is 10.7. The molecule has 2 aromatic heterocycles. The quantitative estimate of drug-likeness (QED) is 0.363. The summed E-state index contributed by atoms with van der Waals surface area (Å²) in [5.74, 6) is 0.0231. The highest BCUT2D eigenvalue weighted by molar-refractivity contribution is 5.90. The molecule has 0 atom stereocenters. The first-order valence-corrected chi connectivity index (χ1v) is 12.3. The van der Waals surface area contributed by atoms with Crippen molar-refractivity contribution in [3.05, 3.63) is 95.9 Å². The van der Waals surface area contributed by atoms with Gasteiger partial charge in [0.05, 0.1) is 0 Å². The third-order valence-corrected chi connectivity index (χ3v) is 6.96. The number of fused-ring (bicyclic) bond motifs is 1. The predicted molar refractivity (Wildman–Crippen MR) is 137 cm³/mol. The molecule has 6 heteroatoms. The predicted octanol–water partition coefficient (Wildman–Crippen LogP) is 5.24. The Labute approximate surface area is 205 Å². The van der Waals surface area contributed by atoms with E-state index in [1.165, 1.54) is 16.5 Å². The molecule has 180 valence electrons. The number of pyridine rings is 1. The monoisotopic (exact) mass is 469 g/mol. The highest BCUT2D eigenvalue weighted by Gasteiger charge is 2.24. The number of carboxylic acid groups (broad SMARTS) is 1. The molecule has 35 heavy (non-hydrogen) atoms. The maximum Gasteiger partial charge on any atom is 0.339 e. The van der Waals surface area contributed by atoms with Gasteiger partial charge in [-0.2, -0.15) is 0 Å². The summed E-state index contributed by atoms with van der Waals surface area (Å²) >= 11 is 0. The number of aryl methyl sites for hydroxylation is 2. The molecule has 1 N–H and O–H groups in total. The van der Waals surface area contributed by atoms with E-state index >= 15 is 0 Å². The molecule has 0 unspecified atom stereocenters. The average molecular weight is 470 g/mol. The largest absolute Gasteiger partial charge is 0.491 e. The minimum atomic E-state index is -0.958. The Morgan fingerprint density at radius 2 is 1.74 bits per heavy atom. The number of aromatic nitrogens is 2. The van der Waals surface area contributed by atoms with Gasteiger partial charge in [0.25, 0.3) is 0 Å². The molecule has 0 amide bonds. The first-order chi connectivity index (χ1) is 17.2. The van der Waals surface area contributed by atoms with E-state index in [2.05, 4.69) is 51.0 Å². The number of carbonyl (C=O) groups is 1. The zero-order valence-electron chi connectivity index (χ0n) is 19.8. The number of hydrogen-bond donors (Lipinski definition) is 1. The van der Waals surface area contributed by atoms with Crippen LogP contribution in [0.2, 0.25) is 0 Å². The van der Waals surface area contributed by atoms with Crippen molar-refractivity contribution in [3.8, 4) is 5.75 Å². The fraction of sp³-hybridized carbons (Fsp3) is 0.310. The van der Waals surface area contributed by atoms with E-state index in [-0.39, 0.29) is 5.56 Å². The average Bonchev–Trinajstić information content (AvgIpc) is 3.27. The molecule has 0 spiro atoms. The van der Waals surface area contributed by atoms with Crippen molar-refractivity contribution >= 4 is 16.9 Å². The summed E-state index contributed by atoms with van der Waals surface area (Å²) in [6.45, 7) is 4.24. The van der Waals surface area contributed by atoms with Crippen molar-refractivity contribution in [2.24, 2.45) is 0 Å². The summed E-state index contributed by atoms with van der Waals surface area (Å²) < 4.78 is 8.19. The molecular weight excluding hydrogens is 438 g/mol. The van der Waals surface area contributed by atoms with E-state index in [0.29, 0.717) is 18.3 Å². The first-order valence-electron chi connectivity index (χ1n) is 12.3. The Morgan fingerprint density at radius 3 is 2.54 bits per heavy atom. The van der Waals surface area contributed by atoms with Crippen molar-refractivity contribution < 1.29 is 14.6 Å². The number of piperidine rings is 1. The van der Waals surface area contributed by atoms with Gasteiger partial charge >= 0.3 is 5.97 Å². The number of aromatic carboxylic acids is 1. The number of hydrogen-bond acceptors (Lipinski definition) is 4. The van der Waals surface area contributed by atoms with Gasteiger partial charge in [0.2, 0.25) is 0 Å². The van der Waals surface area contributed by atoms with E-state index in [0.717, 1.165) is 51.1 Å². The van der Waals surface area contributed by atoms with Crippen LogP contribution in [0.15, 0.2) is 79.1 Å². The van der Waals surface area contributed by atoms with Crippen molar-refractivity contribution in [2.75, 3.05) is 26.2 Å². The summed E-state index contributed by atoms with van der Waals surface area (Å²) in [6.07, 6.45) is 7.36. The van der Waals surface area contributed by atoms with Crippen LogP contribution in [-0.2, 0) is 13.0 Å². The summed E-state index contributed by atoms with van der Waals surface area (Å²) in [7, 11) is 0. The Bertz CT molecular complexity index is 1280. The van der Waals surface area contributed by atoms with Gasteiger partial charge in [0.15, 0.2) is 0 Å². The molecule has 0 saturated carbocycles. The minimum absolute atomic E-state index is 0.214. The fourth-order valence-corrected chi connectivity index (χ4v) is 5.09. The number of carboxylic acids is 1. The van der Waals surface area contributed by atoms with Crippen LogP contribution in [0.4, 0.5) is 0 Å². The maximum absolute atomic E-state index is 11.4. The normalized spacial score (nSPS) is 14.9. The van der Waals surface area contributed by atoms with Crippen LogP contribution in [0.25, 0.3) is 10.9 Å². The van der Waals surface area contributed by atoms with Gasteiger partial charge in [-0.1, -0.05) is 36.4 Å². The van der Waals surface area contributed by atoms with Gasteiger partial charge in [-0.05, 0) is 67.7 Å². The molecule has 6 nitrogen and oxygen atoms in total. The molecule has 4 aromatic rings. The van der Waals surface area contributed by atoms with Crippen LogP contribution in [-0.4, -0.2) is 51.8 Å². The standard InChI is InChI=1S/C29H31N3O3/c33-29(34)25-9-2-4-11-28(25)35-20-19-31-16-12-22(13-17-31)26-21-32(27-10-3-1-8-24(26)27)18-14-23-7-5-6-15-30-23/h1-11,15,21-22H,12-14,16-20H2,(H,33,34). The topological polar surface area (TPSA) is 67.6 Å². The van der Waals surface area contributed by atoms with Gasteiger partial charge < -0.3 is 14.4 Å². The summed E-state index contributed by atoms with van der Waals surface area (Å²) in [6, 6.07) is 21.6. The van der Waals surface area contributed by atoms with E-state index in [1.54, 1.807) is 24.3 Å². The first kappa shape index (κ1) is 23.1. The highest BCUT2D eigenvalue weighted by Crippen LogP contribution is 2.34. The molecule has 1 fully saturated rings. The molecule has 1 aliphatic heterocycles. The van der Waals surface area contributed by atoms with Crippen LogP contribution >= 0.6 is 0 Å². The zero-order chi connectivity index (χ0) is 24.0. The van der Waals surface area contributed by atoms with Crippen LogP contribution in [0.3, 0.4) is 0 Å². The number of ether oxygens (including phenoxy) is 1. The minimum Gasteiger partial charge on any atom is -0.491 e. The SMILES string of the molecule is O=C(O)c1ccccc1OCCN1CCC(c2cn(CCc3ccccn3)c3ccccc23)CC1. The fourth-order valence-electron chi connectivity index (χ4n) is 5.09. The van der Waals surface area contributed by atoms with Gasteiger partial charge in [0, 0.05) is 48.5 Å². The maximum atomic E-state index is 11.4. The van der Waals surface area contributed by atoms with Crippen molar-refractivity contribution in [3.63, 3.8) is 0 Å². The van der Waals surface area contributed by atoms with Gasteiger partial charge in [-0.25, -0.2) is 4.79 Å². The lowest BCUT2D eigenvalue weighted by Gasteiger charge is -2.31. The number of benzene rings is 2. The Kier molecular flexibility index (Phi) is 7.09. The van der Waals surface area contributed by atoms with E-state index in [1.807, 2.05) is 18.3 Å². The van der Waals surface area contributed by atoms with Crippen molar-refractivity contribution in [2.45, 2.75) is 31.7 Å². The molecule has 5 rings (SSSR count). The molecule has 2 aromatic carbocycles. The number of rotatable bonds is 9. The Morgan fingerprint density at radius 1 is 0.971 bits per heavy atom. The highest BCUT2D eigenvalue weighted by atomic mass is 16.5. The lowest BCUT2D eigenvalue weighted by atomic mass is 9.89. The van der Waals surface area contributed by atoms with Crippen molar-refractivity contribution in [1.29, 1.82) is 0 Å². The number of nitrogens with zero attached hydrogens (tertiary/aromatic N) is 3. The Hall–Kier alpha value is -3.64. The summed E-state index contributed by atoms with van der Waals surface area (Å²) in [5.41, 5.74) is 4.08. The molecular formula is C29H31N3O3. The smallest absolute Gasteiger partial charge is 0.339 e. The van der Waals surface area contributed by atoms with Crippen LogP contribution in [0.5, 0.6) is 5.75 Å². The molecule has 1 saturated heterocycles. The third-order valence-electron chi connectivity index (χ3n) is 6.96. The molecule has 0 bridgehead atoms. The molecule has 3 heterocycles. The van der Waals surface area contributed by atoms with E-state index < -0.39 is 5.97 Å².